The molecule has 1 fully saturated rings. The van der Waals surface area contributed by atoms with Crippen LogP contribution in [-0.2, 0) is 20.1 Å². The zero-order valence-corrected chi connectivity index (χ0v) is 18.5. The Hall–Kier alpha value is -3.17. The minimum absolute atomic E-state index is 0.0706. The Morgan fingerprint density at radius 1 is 1.41 bits per heavy atom. The van der Waals surface area contributed by atoms with E-state index in [0.29, 0.717) is 22.1 Å². The van der Waals surface area contributed by atoms with E-state index in [1.807, 2.05) is 0 Å². The van der Waals surface area contributed by atoms with Crippen LogP contribution in [0.5, 0.6) is 0 Å². The number of nitrogens with zero attached hydrogens (tertiary/aromatic N) is 5. The summed E-state index contributed by atoms with van der Waals surface area (Å²) in [4.78, 5) is 50.9. The molecule has 2 aliphatic rings. The van der Waals surface area contributed by atoms with Crippen LogP contribution in [0.2, 0.25) is 0 Å². The van der Waals surface area contributed by atoms with E-state index in [0.717, 1.165) is 16.2 Å². The number of carboxylic acids is 1. The number of nitrogen functional groups attached to an aromatic ring is 1. The van der Waals surface area contributed by atoms with Gasteiger partial charge >= 0.3 is 5.97 Å². The highest BCUT2D eigenvalue weighted by molar-refractivity contribution is 8.05. The molecule has 4 rings (SSSR count). The Kier molecular flexibility index (Phi) is 6.29. The van der Waals surface area contributed by atoms with Crippen molar-refractivity contribution in [3.63, 3.8) is 0 Å². The SMILES string of the molecule is Nc1nc(/C(=N/O)C(=O)N[C@@H]2C(=O)N3C(C(=O)O)=C(SCc4cnccn4)CS[C@H]23)cs1. The van der Waals surface area contributed by atoms with Gasteiger partial charge in [-0.25, -0.2) is 9.78 Å². The lowest BCUT2D eigenvalue weighted by molar-refractivity contribution is -0.150. The highest BCUT2D eigenvalue weighted by atomic mass is 32.2. The molecule has 0 aromatic carbocycles. The second-order valence-corrected chi connectivity index (χ2v) is 9.51. The number of nitrogens with two attached hydrogens (primary N) is 1. The number of aliphatic carboxylic acids is 1. The number of nitrogens with one attached hydrogen (secondary N) is 1. The smallest absolute Gasteiger partial charge is 0.353 e. The monoisotopic (exact) mass is 493 g/mol. The molecule has 32 heavy (non-hydrogen) atoms. The van der Waals surface area contributed by atoms with E-state index in [-0.39, 0.29) is 22.2 Å². The Morgan fingerprint density at radius 3 is 2.84 bits per heavy atom. The molecule has 0 bridgehead atoms. The number of rotatable bonds is 7. The molecule has 0 unspecified atom stereocenters. The molecule has 2 amide bonds. The molecule has 15 heteroatoms. The molecule has 166 valence electrons. The Balaban J connectivity index is 1.48. The van der Waals surface area contributed by atoms with Crippen LogP contribution < -0.4 is 11.1 Å². The molecule has 4 heterocycles. The number of hydrogen-bond donors (Lipinski definition) is 4. The van der Waals surface area contributed by atoms with E-state index < -0.39 is 29.2 Å². The highest BCUT2D eigenvalue weighted by Gasteiger charge is 2.54. The fourth-order valence-corrected chi connectivity index (χ4v) is 6.16. The molecule has 2 aromatic heterocycles. The summed E-state index contributed by atoms with van der Waals surface area (Å²) < 4.78 is 0. The summed E-state index contributed by atoms with van der Waals surface area (Å²) in [5.74, 6) is -1.87. The third-order valence-corrected chi connectivity index (χ3v) is 7.78. The van der Waals surface area contributed by atoms with Crippen molar-refractivity contribution < 1.29 is 24.7 Å². The fraction of sp³-hybridized carbons (Fsp3) is 0.235. The predicted molar refractivity (Wildman–Crippen MR) is 118 cm³/mol. The van der Waals surface area contributed by atoms with Gasteiger partial charge in [0.25, 0.3) is 11.8 Å². The number of fused-ring (bicyclic) bond motifs is 1. The Bertz CT molecular complexity index is 1140. The summed E-state index contributed by atoms with van der Waals surface area (Å²) in [6.45, 7) is 0. The maximum Gasteiger partial charge on any atom is 0.353 e. The van der Waals surface area contributed by atoms with Crippen molar-refractivity contribution in [3.8, 4) is 0 Å². The fourth-order valence-electron chi connectivity index (χ4n) is 3.09. The first kappa shape index (κ1) is 22.0. The van der Waals surface area contributed by atoms with Gasteiger partial charge in [-0.1, -0.05) is 5.16 Å². The van der Waals surface area contributed by atoms with Gasteiger partial charge in [0.2, 0.25) is 0 Å². The summed E-state index contributed by atoms with van der Waals surface area (Å²) >= 11 is 3.66. The summed E-state index contributed by atoms with van der Waals surface area (Å²) in [6, 6.07) is -0.971. The topological polar surface area (TPSA) is 184 Å². The lowest BCUT2D eigenvalue weighted by Crippen LogP contribution is -2.71. The van der Waals surface area contributed by atoms with Crippen LogP contribution >= 0.6 is 34.9 Å². The van der Waals surface area contributed by atoms with E-state index in [1.54, 1.807) is 18.6 Å². The van der Waals surface area contributed by atoms with Crippen molar-refractivity contribution >= 4 is 63.5 Å². The normalized spacial score (nSPS) is 20.6. The summed E-state index contributed by atoms with van der Waals surface area (Å²) in [7, 11) is 0. The quantitative estimate of drug-likeness (QED) is 0.180. The Morgan fingerprint density at radius 2 is 2.22 bits per heavy atom. The second-order valence-electron chi connectivity index (χ2n) is 6.44. The third kappa shape index (κ3) is 4.13. The van der Waals surface area contributed by atoms with Crippen LogP contribution in [0, 0.1) is 0 Å². The number of anilines is 1. The van der Waals surface area contributed by atoms with E-state index in [4.69, 9.17) is 5.73 Å². The van der Waals surface area contributed by atoms with Crippen LogP contribution in [0.1, 0.15) is 11.4 Å². The maximum atomic E-state index is 12.8. The van der Waals surface area contributed by atoms with Gasteiger partial charge in [-0.3, -0.25) is 24.5 Å². The minimum Gasteiger partial charge on any atom is -0.477 e. The molecule has 2 atom stereocenters. The second kappa shape index (κ2) is 9.13. The summed E-state index contributed by atoms with van der Waals surface area (Å²) in [5, 5.41) is 25.4. The van der Waals surface area contributed by atoms with E-state index in [2.05, 4.69) is 25.4 Å². The minimum atomic E-state index is -1.23. The molecule has 0 spiro atoms. The first-order valence-electron chi connectivity index (χ1n) is 8.93. The van der Waals surface area contributed by atoms with Crippen molar-refractivity contribution in [3.05, 3.63) is 46.0 Å². The Labute approximate surface area is 193 Å². The maximum absolute atomic E-state index is 12.8. The van der Waals surface area contributed by atoms with Crippen LogP contribution in [0.4, 0.5) is 5.13 Å². The van der Waals surface area contributed by atoms with Gasteiger partial charge < -0.3 is 21.4 Å². The van der Waals surface area contributed by atoms with Gasteiger partial charge in [-0.05, 0) is 0 Å². The number of thioether (sulfide) groups is 2. The molecule has 1 saturated heterocycles. The lowest BCUT2D eigenvalue weighted by Gasteiger charge is -2.49. The van der Waals surface area contributed by atoms with Gasteiger partial charge in [0.05, 0.1) is 5.69 Å². The number of hydrogen-bond acceptors (Lipinski definition) is 12. The number of carbonyl (C=O) groups excluding carboxylic acids is 2. The number of carbonyl (C=O) groups is 3. The number of amides is 2. The number of aromatic nitrogens is 3. The van der Waals surface area contributed by atoms with Crippen molar-refractivity contribution in [2.75, 3.05) is 11.5 Å². The van der Waals surface area contributed by atoms with Gasteiger partial charge in [0, 0.05) is 40.4 Å². The zero-order chi connectivity index (χ0) is 22.8. The highest BCUT2D eigenvalue weighted by Crippen LogP contribution is 2.43. The average molecular weight is 494 g/mol. The standard InChI is InChI=1S/C17H15N7O5S3/c18-17-21-8(5-32-17)10(23-29)13(25)22-11-14(26)24-12(16(27)28)9(6-31-15(11)24)30-4-7-3-19-1-2-20-7/h1-3,5,11,15,29H,4,6H2,(H2,18,21)(H,22,25)(H,27,28)/b23-10-/t11-,15-/m1/s1. The molecular weight excluding hydrogens is 478 g/mol. The van der Waals surface area contributed by atoms with Gasteiger partial charge in [-0.2, -0.15) is 0 Å². The molecular formula is C17H15N7O5S3. The molecule has 12 nitrogen and oxygen atoms in total. The summed E-state index contributed by atoms with van der Waals surface area (Å²) in [6.07, 6.45) is 4.67. The van der Waals surface area contributed by atoms with Crippen LogP contribution in [0.15, 0.2) is 39.7 Å². The number of carboxylic acid groups (broad SMARTS) is 1. The molecule has 0 radical (unpaired) electrons. The first-order valence-corrected chi connectivity index (χ1v) is 11.8. The molecule has 5 N–H and O–H groups in total. The van der Waals surface area contributed by atoms with Gasteiger partial charge in [0.15, 0.2) is 10.8 Å². The van der Waals surface area contributed by atoms with Gasteiger partial charge in [-0.15, -0.1) is 34.9 Å². The zero-order valence-electron chi connectivity index (χ0n) is 16.0. The van der Waals surface area contributed by atoms with Crippen molar-refractivity contribution in [2.24, 2.45) is 5.16 Å². The largest absolute Gasteiger partial charge is 0.477 e. The van der Waals surface area contributed by atoms with Crippen LogP contribution in [0.25, 0.3) is 0 Å². The van der Waals surface area contributed by atoms with Crippen molar-refractivity contribution in [1.82, 2.24) is 25.2 Å². The molecule has 0 aliphatic carbocycles. The predicted octanol–water partition coefficient (Wildman–Crippen LogP) is 0.323. The van der Waals surface area contributed by atoms with Crippen LogP contribution in [-0.4, -0.2) is 70.8 Å². The number of thiazole rings is 1. The molecule has 2 aliphatic heterocycles. The van der Waals surface area contributed by atoms with Crippen molar-refractivity contribution in [2.45, 2.75) is 17.2 Å². The van der Waals surface area contributed by atoms with E-state index >= 15 is 0 Å². The molecule has 2 aromatic rings. The van der Waals surface area contributed by atoms with Crippen molar-refractivity contribution in [1.29, 1.82) is 0 Å². The van der Waals surface area contributed by atoms with Gasteiger partial charge in [0.1, 0.15) is 22.8 Å². The lowest BCUT2D eigenvalue weighted by atomic mass is 10.0. The number of oxime groups is 1. The van der Waals surface area contributed by atoms with E-state index in [9.17, 15) is 24.7 Å². The third-order valence-electron chi connectivity index (χ3n) is 4.51. The average Bonchev–Trinajstić information content (AvgIpc) is 3.22. The first-order chi connectivity index (χ1) is 15.4. The summed E-state index contributed by atoms with van der Waals surface area (Å²) in [5.41, 5.74) is 5.79. The van der Waals surface area contributed by atoms with Crippen LogP contribution in [0.3, 0.4) is 0 Å². The molecule has 0 saturated carbocycles. The van der Waals surface area contributed by atoms with E-state index in [1.165, 1.54) is 28.9 Å². The number of β-lactam (4-membered cyclic amide) rings is 1.